The molecule has 15 heteroatoms. The highest BCUT2D eigenvalue weighted by Crippen LogP contribution is 2.37. The van der Waals surface area contributed by atoms with Crippen LogP contribution in [0.1, 0.15) is 0 Å². The van der Waals surface area contributed by atoms with E-state index in [2.05, 4.69) is 0 Å². The lowest BCUT2D eigenvalue weighted by molar-refractivity contribution is -0.318. The molecule has 0 aliphatic carbocycles. The van der Waals surface area contributed by atoms with E-state index in [0.29, 0.717) is 5.56 Å². The summed E-state index contributed by atoms with van der Waals surface area (Å²) in [4.78, 5) is 13.1. The zero-order valence-corrected chi connectivity index (χ0v) is 23.0. The van der Waals surface area contributed by atoms with Crippen LogP contribution in [0.5, 0.6) is 23.0 Å². The van der Waals surface area contributed by atoms with Gasteiger partial charge in [0.25, 0.3) is 0 Å². The first-order chi connectivity index (χ1) is 20.5. The Morgan fingerprint density at radius 3 is 2.37 bits per heavy atom. The van der Waals surface area contributed by atoms with E-state index in [1.807, 2.05) is 0 Å². The van der Waals surface area contributed by atoms with Crippen molar-refractivity contribution in [1.29, 1.82) is 0 Å². The molecule has 2 aliphatic heterocycles. The van der Waals surface area contributed by atoms with E-state index in [4.69, 9.17) is 32.8 Å². The molecule has 0 radical (unpaired) electrons. The average Bonchev–Trinajstić information content (AvgIpc) is 3.29. The number of phenolic OH excluding ortho intramolecular Hbond substituents is 1. The second kappa shape index (κ2) is 12.2. The molecular formula is C28H32O15. The Morgan fingerprint density at radius 2 is 1.72 bits per heavy atom. The van der Waals surface area contributed by atoms with Gasteiger partial charge in [0, 0.05) is 23.8 Å². The highest BCUT2D eigenvalue weighted by Gasteiger charge is 2.53. The van der Waals surface area contributed by atoms with Crippen LogP contribution in [0, 0.1) is 0 Å². The van der Waals surface area contributed by atoms with E-state index in [9.17, 15) is 40.5 Å². The highest BCUT2D eigenvalue weighted by atomic mass is 16.8. The Bertz CT molecular complexity index is 1510. The molecule has 2 saturated heterocycles. The van der Waals surface area contributed by atoms with Crippen LogP contribution in [0.4, 0.5) is 0 Å². The van der Waals surface area contributed by atoms with Crippen LogP contribution in [0.25, 0.3) is 22.3 Å². The molecular weight excluding hydrogens is 576 g/mol. The molecule has 15 nitrogen and oxygen atoms in total. The molecule has 234 valence electrons. The summed E-state index contributed by atoms with van der Waals surface area (Å²) in [7, 11) is 2.70. The van der Waals surface area contributed by atoms with E-state index in [1.165, 1.54) is 50.6 Å². The Balaban J connectivity index is 1.51. The third-order valence-electron chi connectivity index (χ3n) is 7.40. The molecule has 2 aromatic carbocycles. The van der Waals surface area contributed by atoms with Crippen LogP contribution >= 0.6 is 0 Å². The van der Waals surface area contributed by atoms with Gasteiger partial charge in [0.2, 0.25) is 6.29 Å². The minimum Gasteiger partial charge on any atom is -0.504 e. The lowest BCUT2D eigenvalue weighted by Crippen LogP contribution is -2.62. The lowest BCUT2D eigenvalue weighted by atomic mass is 9.98. The fraction of sp³-hybridized carbons (Fsp3) is 0.464. The number of fused-ring (bicyclic) bond motifs is 1. The summed E-state index contributed by atoms with van der Waals surface area (Å²) >= 11 is 0. The Labute approximate surface area is 243 Å². The fourth-order valence-corrected chi connectivity index (χ4v) is 4.92. The molecule has 0 amide bonds. The van der Waals surface area contributed by atoms with Gasteiger partial charge in [-0.2, -0.15) is 0 Å². The van der Waals surface area contributed by atoms with Crippen LogP contribution in [0.15, 0.2) is 45.6 Å². The second-order valence-corrected chi connectivity index (χ2v) is 10.2. The second-order valence-electron chi connectivity index (χ2n) is 10.2. The minimum absolute atomic E-state index is 0.00781. The van der Waals surface area contributed by atoms with Crippen LogP contribution < -0.4 is 19.6 Å². The number of hydrogen-bond donors (Lipinski definition) is 7. The predicted molar refractivity (Wildman–Crippen MR) is 144 cm³/mol. The molecule has 43 heavy (non-hydrogen) atoms. The largest absolute Gasteiger partial charge is 0.504 e. The Kier molecular flexibility index (Phi) is 8.80. The number of ether oxygens (including phenoxy) is 6. The Morgan fingerprint density at radius 1 is 0.977 bits per heavy atom. The van der Waals surface area contributed by atoms with Crippen molar-refractivity contribution in [1.82, 2.24) is 0 Å². The maximum atomic E-state index is 13.1. The molecule has 7 N–H and O–H groups in total. The maximum Gasteiger partial charge on any atom is 0.229 e. The summed E-state index contributed by atoms with van der Waals surface area (Å²) in [5.74, 6) is 0.231. The molecule has 2 aliphatic rings. The number of aliphatic hydroxyl groups excluding tert-OH is 5. The number of phenols is 1. The molecule has 0 bridgehead atoms. The first kappa shape index (κ1) is 30.9. The van der Waals surface area contributed by atoms with Crippen molar-refractivity contribution in [2.24, 2.45) is 0 Å². The molecule has 8 atom stereocenters. The zero-order valence-electron chi connectivity index (χ0n) is 23.0. The third-order valence-corrected chi connectivity index (χ3v) is 7.40. The summed E-state index contributed by atoms with van der Waals surface area (Å²) in [6.07, 6.45) is -11.1. The van der Waals surface area contributed by atoms with Crippen LogP contribution in [0.3, 0.4) is 0 Å². The van der Waals surface area contributed by atoms with Gasteiger partial charge in [0.05, 0.1) is 34.0 Å². The highest BCUT2D eigenvalue weighted by molar-refractivity contribution is 5.86. The van der Waals surface area contributed by atoms with Gasteiger partial charge in [-0.05, 0) is 18.2 Å². The maximum absolute atomic E-state index is 13.1. The monoisotopic (exact) mass is 608 g/mol. The molecule has 2 fully saturated rings. The number of methoxy groups -OCH3 is 2. The lowest BCUT2D eigenvalue weighted by Gasteiger charge is -2.42. The third kappa shape index (κ3) is 5.74. The van der Waals surface area contributed by atoms with Crippen molar-refractivity contribution in [3.05, 3.63) is 46.6 Å². The van der Waals surface area contributed by atoms with E-state index in [0.717, 1.165) is 0 Å². The summed E-state index contributed by atoms with van der Waals surface area (Å²) < 4.78 is 39.1. The van der Waals surface area contributed by atoms with Gasteiger partial charge in [-0.3, -0.25) is 4.79 Å². The molecule has 1 aromatic heterocycles. The van der Waals surface area contributed by atoms with Gasteiger partial charge in [0.15, 0.2) is 29.3 Å². The number of hydrogen-bond acceptors (Lipinski definition) is 15. The topological polar surface area (TPSA) is 227 Å². The molecule has 0 saturated carbocycles. The van der Waals surface area contributed by atoms with Crippen LogP contribution in [-0.2, 0) is 14.2 Å². The molecule has 3 aromatic rings. The number of benzene rings is 2. The standard InChI is InChI=1S/C28H32O15/c1-37-17-5-12(3-4-14(17)31)16-8-15(32)21-18(38-2)6-13(7-19(21)41-16)40-26-24(23(34)22(33)20(9-29)42-26)43-27-25(35)28(36,10-30)11-39-27/h3-8,20,22-27,29-31,33-36H,9-11H2,1-2H3/t20-,22-,23+,24-,25+,26-,27+,28-/m1/s1. The number of rotatable bonds is 9. The van der Waals surface area contributed by atoms with Crippen molar-refractivity contribution in [2.45, 2.75) is 48.7 Å². The fourth-order valence-electron chi connectivity index (χ4n) is 4.92. The van der Waals surface area contributed by atoms with Crippen LogP contribution in [0.2, 0.25) is 0 Å². The van der Waals surface area contributed by atoms with E-state index >= 15 is 0 Å². The summed E-state index contributed by atoms with van der Waals surface area (Å²) in [6.45, 7) is -2.02. The summed E-state index contributed by atoms with van der Waals surface area (Å²) in [6, 6.07) is 8.32. The zero-order chi connectivity index (χ0) is 31.1. The molecule has 3 heterocycles. The van der Waals surface area contributed by atoms with Gasteiger partial charge in [-0.15, -0.1) is 0 Å². The van der Waals surface area contributed by atoms with Gasteiger partial charge in [-0.1, -0.05) is 0 Å². The van der Waals surface area contributed by atoms with Gasteiger partial charge in [-0.25, -0.2) is 0 Å². The quantitative estimate of drug-likeness (QED) is 0.152. The minimum atomic E-state index is -2.03. The van der Waals surface area contributed by atoms with E-state index in [-0.39, 0.29) is 39.7 Å². The van der Waals surface area contributed by atoms with Gasteiger partial charge >= 0.3 is 0 Å². The SMILES string of the molecule is COc1cc(-c2cc(=O)c3c(OC)cc(O[C@@H]4O[C@H](CO)[C@@H](O)[C@H](O)[C@H]4O[C@@H]4OC[C@](O)(CO)[C@H]4O)cc3o2)ccc1O. The smallest absolute Gasteiger partial charge is 0.229 e. The molecule has 0 spiro atoms. The summed E-state index contributed by atoms with van der Waals surface area (Å²) in [5.41, 5.74) is -2.04. The van der Waals surface area contributed by atoms with Crippen molar-refractivity contribution < 1.29 is 68.6 Å². The first-order valence-corrected chi connectivity index (χ1v) is 13.1. The first-order valence-electron chi connectivity index (χ1n) is 13.1. The number of aromatic hydroxyl groups is 1. The molecule has 0 unspecified atom stereocenters. The van der Waals surface area contributed by atoms with Crippen molar-refractivity contribution in [3.8, 4) is 34.3 Å². The average molecular weight is 609 g/mol. The van der Waals surface area contributed by atoms with E-state index in [1.54, 1.807) is 0 Å². The van der Waals surface area contributed by atoms with Crippen molar-refractivity contribution in [3.63, 3.8) is 0 Å². The Hall–Kier alpha value is -3.51. The normalized spacial score (nSPS) is 30.8. The summed E-state index contributed by atoms with van der Waals surface area (Å²) in [5, 5.41) is 71.2. The molecule has 5 rings (SSSR count). The van der Waals surface area contributed by atoms with E-state index < -0.39 is 74.0 Å². The van der Waals surface area contributed by atoms with Gasteiger partial charge in [0.1, 0.15) is 58.2 Å². The van der Waals surface area contributed by atoms with Crippen molar-refractivity contribution >= 4 is 11.0 Å². The van der Waals surface area contributed by atoms with Crippen LogP contribution in [-0.4, -0.2) is 118 Å². The number of aliphatic hydroxyl groups is 6. The van der Waals surface area contributed by atoms with Crippen molar-refractivity contribution in [2.75, 3.05) is 34.0 Å². The predicted octanol–water partition coefficient (Wildman–Crippen LogP) is -1.17. The van der Waals surface area contributed by atoms with Gasteiger partial charge < -0.3 is 68.6 Å².